The number of hydrazine groups is 1. The molecule has 0 saturated heterocycles. The highest BCUT2D eigenvalue weighted by Gasteiger charge is 2.04. The van der Waals surface area contributed by atoms with Crippen molar-refractivity contribution >= 4 is 22.7 Å². The van der Waals surface area contributed by atoms with E-state index < -0.39 is 0 Å². The molecule has 0 atom stereocenters. The van der Waals surface area contributed by atoms with E-state index in [1.807, 2.05) is 48.5 Å². The van der Waals surface area contributed by atoms with Gasteiger partial charge in [0.2, 0.25) is 0 Å². The van der Waals surface area contributed by atoms with Crippen LogP contribution in [0.15, 0.2) is 58.8 Å². The lowest BCUT2D eigenvalue weighted by Crippen LogP contribution is -2.31. The van der Waals surface area contributed by atoms with Crippen LogP contribution < -0.4 is 11.2 Å². The van der Waals surface area contributed by atoms with Crippen molar-refractivity contribution < 1.29 is 0 Å². The summed E-state index contributed by atoms with van der Waals surface area (Å²) < 4.78 is 0. The molecule has 2 rings (SSSR count). The Morgan fingerprint density at radius 3 is 1.76 bits per heavy atom. The molecule has 2 aromatic carbocycles. The maximum absolute atomic E-state index is 5.67. The summed E-state index contributed by atoms with van der Waals surface area (Å²) in [6.07, 6.45) is 4.80. The number of rotatable bonds is 10. The molecule has 0 spiro atoms. The van der Waals surface area contributed by atoms with Gasteiger partial charge in [-0.15, -0.1) is 0 Å². The molecule has 5 nitrogen and oxygen atoms in total. The first kappa shape index (κ1) is 18.9. The minimum Gasteiger partial charge on any atom is -0.399 e. The molecule has 0 unspecified atom stereocenters. The first-order chi connectivity index (χ1) is 12.2. The van der Waals surface area contributed by atoms with E-state index in [4.69, 9.17) is 5.73 Å². The smallest absolute Gasteiger partial charge is 0.0858 e. The van der Waals surface area contributed by atoms with Gasteiger partial charge in [-0.25, -0.2) is 5.01 Å². The second-order valence-electron chi connectivity index (χ2n) is 6.14. The average Bonchev–Trinajstić information content (AvgIpc) is 2.64. The van der Waals surface area contributed by atoms with Gasteiger partial charge in [0.25, 0.3) is 0 Å². The number of hydrogen-bond acceptors (Lipinski definition) is 5. The fourth-order valence-electron chi connectivity index (χ4n) is 2.36. The van der Waals surface area contributed by atoms with E-state index in [0.717, 1.165) is 35.8 Å². The van der Waals surface area contributed by atoms with Gasteiger partial charge in [-0.3, -0.25) is 0 Å². The van der Waals surface area contributed by atoms with Crippen LogP contribution >= 0.6 is 0 Å². The van der Waals surface area contributed by atoms with Gasteiger partial charge in [0.05, 0.1) is 11.4 Å². The molecular weight excluding hydrogens is 310 g/mol. The lowest BCUT2D eigenvalue weighted by atomic mass is 10.3. The lowest BCUT2D eigenvalue weighted by molar-refractivity contribution is 0.317. The van der Waals surface area contributed by atoms with Crippen molar-refractivity contribution in [2.75, 3.05) is 24.2 Å². The third-order valence-electron chi connectivity index (χ3n) is 3.89. The number of benzene rings is 2. The number of nitrogens with two attached hydrogens (primary N) is 1. The molecule has 0 saturated carbocycles. The quantitative estimate of drug-likeness (QED) is 0.321. The Morgan fingerprint density at radius 2 is 1.28 bits per heavy atom. The number of anilines is 2. The van der Waals surface area contributed by atoms with Crippen LogP contribution in [-0.4, -0.2) is 18.1 Å². The molecule has 5 heteroatoms. The van der Waals surface area contributed by atoms with Crippen LogP contribution in [0.4, 0.5) is 22.7 Å². The van der Waals surface area contributed by atoms with Gasteiger partial charge in [0.15, 0.2) is 0 Å². The zero-order chi connectivity index (χ0) is 17.9. The maximum Gasteiger partial charge on any atom is 0.0858 e. The average molecular weight is 339 g/mol. The van der Waals surface area contributed by atoms with Crippen molar-refractivity contribution in [3.63, 3.8) is 0 Å². The summed E-state index contributed by atoms with van der Waals surface area (Å²) in [4.78, 5) is 0. The Morgan fingerprint density at radius 1 is 0.800 bits per heavy atom. The number of nitrogens with one attached hydrogen (secondary N) is 1. The lowest BCUT2D eigenvalue weighted by Gasteiger charge is -2.24. The van der Waals surface area contributed by atoms with E-state index >= 15 is 0 Å². The van der Waals surface area contributed by atoms with Gasteiger partial charge >= 0.3 is 0 Å². The standard InChI is InChI=1S/C20H29N5/c1-3-5-15-25(16-6-4-2)24-20-13-11-19(12-14-20)23-22-18-9-7-17(21)8-10-18/h7-14,24H,3-6,15-16,21H2,1-2H3. The molecule has 25 heavy (non-hydrogen) atoms. The van der Waals surface area contributed by atoms with Crippen LogP contribution in [0.1, 0.15) is 39.5 Å². The molecule has 0 aliphatic carbocycles. The summed E-state index contributed by atoms with van der Waals surface area (Å²) in [7, 11) is 0. The van der Waals surface area contributed by atoms with Gasteiger partial charge < -0.3 is 11.2 Å². The number of azo groups is 1. The van der Waals surface area contributed by atoms with Crippen LogP contribution in [0.2, 0.25) is 0 Å². The van der Waals surface area contributed by atoms with E-state index in [-0.39, 0.29) is 0 Å². The minimum absolute atomic E-state index is 0.727. The Bertz CT molecular complexity index is 626. The number of nitrogens with zero attached hydrogens (tertiary/aromatic N) is 3. The SMILES string of the molecule is CCCCN(CCCC)Nc1ccc(N=Nc2ccc(N)cc2)cc1. The van der Waals surface area contributed by atoms with Crippen LogP contribution in [0.5, 0.6) is 0 Å². The molecule has 0 aliphatic heterocycles. The largest absolute Gasteiger partial charge is 0.399 e. The summed E-state index contributed by atoms with van der Waals surface area (Å²) in [6.45, 7) is 6.57. The molecule has 0 aromatic heterocycles. The van der Waals surface area contributed by atoms with E-state index in [0.29, 0.717) is 0 Å². The third kappa shape index (κ3) is 6.93. The van der Waals surface area contributed by atoms with Crippen molar-refractivity contribution in [3.8, 4) is 0 Å². The molecule has 0 bridgehead atoms. The van der Waals surface area contributed by atoms with Gasteiger partial charge in [-0.05, 0) is 61.4 Å². The zero-order valence-corrected chi connectivity index (χ0v) is 15.3. The predicted octanol–water partition coefficient (Wildman–Crippen LogP) is 5.91. The second-order valence-corrected chi connectivity index (χ2v) is 6.14. The van der Waals surface area contributed by atoms with Crippen molar-refractivity contribution in [3.05, 3.63) is 48.5 Å². The fourth-order valence-corrected chi connectivity index (χ4v) is 2.36. The normalized spacial score (nSPS) is 11.3. The van der Waals surface area contributed by atoms with Gasteiger partial charge in [0.1, 0.15) is 0 Å². The topological polar surface area (TPSA) is 66.0 Å². The molecule has 134 valence electrons. The summed E-state index contributed by atoms with van der Waals surface area (Å²) in [6, 6.07) is 15.4. The van der Waals surface area contributed by atoms with Crippen molar-refractivity contribution in [1.29, 1.82) is 0 Å². The maximum atomic E-state index is 5.67. The second kappa shape index (κ2) is 10.5. The number of hydrogen-bond donors (Lipinski definition) is 2. The van der Waals surface area contributed by atoms with E-state index in [9.17, 15) is 0 Å². The molecule has 2 aromatic rings. The molecule has 3 N–H and O–H groups in total. The molecule has 0 fully saturated rings. The molecule has 0 amide bonds. The summed E-state index contributed by atoms with van der Waals surface area (Å²) >= 11 is 0. The van der Waals surface area contributed by atoms with Gasteiger partial charge in [-0.1, -0.05) is 26.7 Å². The van der Waals surface area contributed by atoms with Crippen molar-refractivity contribution in [2.24, 2.45) is 10.2 Å². The van der Waals surface area contributed by atoms with Crippen LogP contribution in [0, 0.1) is 0 Å². The van der Waals surface area contributed by atoms with Crippen LogP contribution in [0.3, 0.4) is 0 Å². The number of unbranched alkanes of at least 4 members (excludes halogenated alkanes) is 2. The van der Waals surface area contributed by atoms with Gasteiger partial charge in [0, 0.05) is 24.5 Å². The van der Waals surface area contributed by atoms with E-state index in [1.54, 1.807) is 0 Å². The molecule has 0 heterocycles. The molecular formula is C20H29N5. The number of nitrogen functional groups attached to an aromatic ring is 1. The zero-order valence-electron chi connectivity index (χ0n) is 15.3. The Balaban J connectivity index is 1.94. The summed E-state index contributed by atoms with van der Waals surface area (Å²) in [5, 5.41) is 10.8. The first-order valence-electron chi connectivity index (χ1n) is 9.10. The van der Waals surface area contributed by atoms with Crippen LogP contribution in [-0.2, 0) is 0 Å². The third-order valence-corrected chi connectivity index (χ3v) is 3.89. The van der Waals surface area contributed by atoms with Crippen molar-refractivity contribution in [2.45, 2.75) is 39.5 Å². The Kier molecular flexibility index (Phi) is 7.92. The van der Waals surface area contributed by atoms with E-state index in [1.165, 1.54) is 25.7 Å². The highest BCUT2D eigenvalue weighted by Crippen LogP contribution is 2.21. The highest BCUT2D eigenvalue weighted by atomic mass is 15.5. The summed E-state index contributed by atoms with van der Waals surface area (Å²) in [5.41, 5.74) is 12.6. The predicted molar refractivity (Wildman–Crippen MR) is 106 cm³/mol. The Hall–Kier alpha value is -2.40. The fraction of sp³-hybridized carbons (Fsp3) is 0.400. The monoisotopic (exact) mass is 339 g/mol. The van der Waals surface area contributed by atoms with Crippen LogP contribution in [0.25, 0.3) is 0 Å². The molecule has 0 radical (unpaired) electrons. The van der Waals surface area contributed by atoms with E-state index in [2.05, 4.69) is 34.5 Å². The molecule has 0 aliphatic rings. The van der Waals surface area contributed by atoms with Gasteiger partial charge in [-0.2, -0.15) is 10.2 Å². The van der Waals surface area contributed by atoms with Crippen molar-refractivity contribution in [1.82, 2.24) is 5.01 Å². The summed E-state index contributed by atoms with van der Waals surface area (Å²) in [5.74, 6) is 0. The first-order valence-corrected chi connectivity index (χ1v) is 9.10. The highest BCUT2D eigenvalue weighted by molar-refractivity contribution is 5.51. The Labute approximate surface area is 150 Å². The minimum atomic E-state index is 0.727.